The Bertz CT molecular complexity index is 1240. The molecular formula is C25H22ClN3O4. The number of rotatable bonds is 5. The minimum atomic E-state index is -0.861. The molecule has 0 spiro atoms. The summed E-state index contributed by atoms with van der Waals surface area (Å²) < 4.78 is 5.24. The van der Waals surface area contributed by atoms with Crippen LogP contribution in [-0.2, 0) is 9.59 Å². The normalized spacial score (nSPS) is 17.3. The van der Waals surface area contributed by atoms with Crippen LogP contribution in [0, 0.1) is 0 Å². The van der Waals surface area contributed by atoms with Gasteiger partial charge in [0, 0.05) is 43.4 Å². The average Bonchev–Trinajstić information content (AvgIpc) is 3.10. The molecule has 7 nitrogen and oxygen atoms in total. The van der Waals surface area contributed by atoms with Crippen molar-refractivity contribution in [1.29, 1.82) is 0 Å². The van der Waals surface area contributed by atoms with Crippen LogP contribution in [0.25, 0.3) is 5.76 Å². The Morgan fingerprint density at radius 3 is 2.33 bits per heavy atom. The highest BCUT2D eigenvalue weighted by atomic mass is 35.5. The number of nitrogens with zero attached hydrogens (tertiary/aromatic N) is 3. The molecule has 168 valence electrons. The van der Waals surface area contributed by atoms with E-state index in [2.05, 4.69) is 4.98 Å². The Morgan fingerprint density at radius 2 is 1.73 bits per heavy atom. The summed E-state index contributed by atoms with van der Waals surface area (Å²) in [4.78, 5) is 33.8. The van der Waals surface area contributed by atoms with Crippen LogP contribution in [0.3, 0.4) is 0 Å². The van der Waals surface area contributed by atoms with Gasteiger partial charge in [-0.2, -0.15) is 0 Å². The number of ether oxygens (including phenoxy) is 1. The lowest BCUT2D eigenvalue weighted by Crippen LogP contribution is -2.29. The molecule has 0 aliphatic carbocycles. The van der Waals surface area contributed by atoms with Gasteiger partial charge < -0.3 is 14.7 Å². The van der Waals surface area contributed by atoms with Gasteiger partial charge in [0.15, 0.2) is 0 Å². The Balaban J connectivity index is 1.92. The third kappa shape index (κ3) is 4.03. The number of Topliss-reactive ketones (excluding diaryl/α,β-unsaturated/α-hetero) is 1. The first-order valence-electron chi connectivity index (χ1n) is 10.2. The van der Waals surface area contributed by atoms with Gasteiger partial charge >= 0.3 is 0 Å². The minimum absolute atomic E-state index is 0.0574. The third-order valence-electron chi connectivity index (χ3n) is 5.54. The number of aromatic nitrogens is 1. The molecule has 1 atom stereocenters. The van der Waals surface area contributed by atoms with E-state index >= 15 is 0 Å². The van der Waals surface area contributed by atoms with E-state index in [4.69, 9.17) is 16.3 Å². The number of ketones is 1. The fraction of sp³-hybridized carbons (Fsp3) is 0.160. The summed E-state index contributed by atoms with van der Waals surface area (Å²) >= 11 is 6.33. The lowest BCUT2D eigenvalue weighted by molar-refractivity contribution is -0.132. The highest BCUT2D eigenvalue weighted by molar-refractivity contribution is 6.52. The zero-order valence-electron chi connectivity index (χ0n) is 18.3. The van der Waals surface area contributed by atoms with Gasteiger partial charge in [0.25, 0.3) is 11.7 Å². The maximum atomic E-state index is 13.2. The summed E-state index contributed by atoms with van der Waals surface area (Å²) in [5, 5.41) is 11.5. The summed E-state index contributed by atoms with van der Waals surface area (Å²) in [6, 6.07) is 14.5. The number of benzene rings is 2. The molecule has 1 fully saturated rings. The Labute approximate surface area is 196 Å². The van der Waals surface area contributed by atoms with Crippen LogP contribution < -0.4 is 14.5 Å². The zero-order chi connectivity index (χ0) is 23.7. The molecule has 0 radical (unpaired) electrons. The number of carbonyl (C=O) groups is 2. The van der Waals surface area contributed by atoms with Gasteiger partial charge in [0.2, 0.25) is 0 Å². The number of pyridine rings is 1. The summed E-state index contributed by atoms with van der Waals surface area (Å²) in [6.07, 6.45) is 3.15. The lowest BCUT2D eigenvalue weighted by atomic mass is 9.95. The quantitative estimate of drug-likeness (QED) is 0.342. The Kier molecular flexibility index (Phi) is 6.07. The van der Waals surface area contributed by atoms with Gasteiger partial charge in [-0.15, -0.1) is 0 Å². The van der Waals surface area contributed by atoms with Crippen LogP contribution >= 0.6 is 11.6 Å². The van der Waals surface area contributed by atoms with Gasteiger partial charge in [-0.25, -0.2) is 0 Å². The summed E-state index contributed by atoms with van der Waals surface area (Å²) in [5.41, 5.74) is 2.25. The molecular weight excluding hydrogens is 442 g/mol. The van der Waals surface area contributed by atoms with E-state index in [0.29, 0.717) is 17.0 Å². The molecule has 2 aromatic carbocycles. The van der Waals surface area contributed by atoms with Gasteiger partial charge in [-0.3, -0.25) is 19.5 Å². The van der Waals surface area contributed by atoms with E-state index < -0.39 is 17.7 Å². The molecule has 1 aliphatic rings. The highest BCUT2D eigenvalue weighted by Crippen LogP contribution is 2.43. The number of aliphatic hydroxyl groups is 1. The molecule has 1 unspecified atom stereocenters. The molecule has 3 aromatic rings. The Morgan fingerprint density at radius 1 is 1.06 bits per heavy atom. The molecule has 1 saturated heterocycles. The number of anilines is 2. The van der Waals surface area contributed by atoms with Crippen molar-refractivity contribution in [1.82, 2.24) is 4.98 Å². The molecule has 1 aliphatic heterocycles. The summed E-state index contributed by atoms with van der Waals surface area (Å²) in [6.45, 7) is 0. The first kappa shape index (κ1) is 22.4. The molecule has 8 heteroatoms. The highest BCUT2D eigenvalue weighted by Gasteiger charge is 2.47. The molecule has 4 rings (SSSR count). The van der Waals surface area contributed by atoms with Crippen molar-refractivity contribution in [3.8, 4) is 5.75 Å². The third-order valence-corrected chi connectivity index (χ3v) is 5.87. The number of carbonyl (C=O) groups excluding carboxylic acids is 2. The topological polar surface area (TPSA) is 83.0 Å². The molecule has 1 aromatic heterocycles. The number of hydrogen-bond donors (Lipinski definition) is 1. The molecule has 0 saturated carbocycles. The maximum Gasteiger partial charge on any atom is 0.300 e. The smallest absolute Gasteiger partial charge is 0.300 e. The standard InChI is InChI=1S/C25H22ClN3O4/c1-28(2)16-4-6-17(7-5-16)29-22(15-10-12-27-13-11-15)21(24(31)25(29)32)23(30)19-14-18(33-3)8-9-20(19)26/h4-14,22,30H,1-3H3/b23-21+. The van der Waals surface area contributed by atoms with E-state index in [9.17, 15) is 14.7 Å². The predicted octanol–water partition coefficient (Wildman–Crippen LogP) is 4.44. The molecule has 1 N–H and O–H groups in total. The molecule has 1 amide bonds. The first-order chi connectivity index (χ1) is 15.8. The van der Waals surface area contributed by atoms with Crippen molar-refractivity contribution in [2.24, 2.45) is 0 Å². The van der Waals surface area contributed by atoms with E-state index in [1.165, 1.54) is 18.1 Å². The fourth-order valence-electron chi connectivity index (χ4n) is 3.83. The van der Waals surface area contributed by atoms with Crippen molar-refractivity contribution in [2.75, 3.05) is 31.0 Å². The van der Waals surface area contributed by atoms with E-state index in [0.717, 1.165) is 5.69 Å². The van der Waals surface area contributed by atoms with Crippen molar-refractivity contribution in [3.63, 3.8) is 0 Å². The second kappa shape index (κ2) is 8.96. The van der Waals surface area contributed by atoms with Crippen LogP contribution in [0.4, 0.5) is 11.4 Å². The first-order valence-corrected chi connectivity index (χ1v) is 10.5. The molecule has 2 heterocycles. The molecule has 33 heavy (non-hydrogen) atoms. The van der Waals surface area contributed by atoms with E-state index in [1.807, 2.05) is 31.1 Å². The maximum absolute atomic E-state index is 13.2. The lowest BCUT2D eigenvalue weighted by Gasteiger charge is -2.26. The number of amides is 1. The zero-order valence-corrected chi connectivity index (χ0v) is 19.1. The predicted molar refractivity (Wildman–Crippen MR) is 128 cm³/mol. The van der Waals surface area contributed by atoms with Crippen LogP contribution in [0.5, 0.6) is 5.75 Å². The minimum Gasteiger partial charge on any atom is -0.507 e. The van der Waals surface area contributed by atoms with Crippen LogP contribution in [0.2, 0.25) is 5.02 Å². The second-order valence-electron chi connectivity index (χ2n) is 7.71. The van der Waals surface area contributed by atoms with Crippen LogP contribution in [-0.4, -0.2) is 43.0 Å². The van der Waals surface area contributed by atoms with Gasteiger partial charge in [0.05, 0.1) is 23.7 Å². The number of halogens is 1. The van der Waals surface area contributed by atoms with Gasteiger partial charge in [-0.05, 0) is 60.2 Å². The number of hydrogen-bond acceptors (Lipinski definition) is 6. The Hall–Kier alpha value is -3.84. The average molecular weight is 464 g/mol. The van der Waals surface area contributed by atoms with Crippen LogP contribution in [0.1, 0.15) is 17.2 Å². The van der Waals surface area contributed by atoms with Gasteiger partial charge in [-0.1, -0.05) is 11.6 Å². The van der Waals surface area contributed by atoms with E-state index in [-0.39, 0.29) is 21.9 Å². The van der Waals surface area contributed by atoms with Crippen molar-refractivity contribution < 1.29 is 19.4 Å². The van der Waals surface area contributed by atoms with Crippen molar-refractivity contribution in [3.05, 3.63) is 88.7 Å². The SMILES string of the molecule is COc1ccc(Cl)c(/C(O)=C2\C(=O)C(=O)N(c3ccc(N(C)C)cc3)C2c2ccncc2)c1. The van der Waals surface area contributed by atoms with Crippen molar-refractivity contribution in [2.45, 2.75) is 6.04 Å². The molecule has 0 bridgehead atoms. The fourth-order valence-corrected chi connectivity index (χ4v) is 4.04. The second-order valence-corrected chi connectivity index (χ2v) is 8.11. The summed E-state index contributed by atoms with van der Waals surface area (Å²) in [7, 11) is 5.31. The largest absolute Gasteiger partial charge is 0.507 e. The van der Waals surface area contributed by atoms with Crippen molar-refractivity contribution >= 4 is 40.4 Å². The monoisotopic (exact) mass is 463 g/mol. The number of methoxy groups -OCH3 is 1. The van der Waals surface area contributed by atoms with Gasteiger partial charge in [0.1, 0.15) is 11.5 Å². The summed E-state index contributed by atoms with van der Waals surface area (Å²) in [5.74, 6) is -1.46. The van der Waals surface area contributed by atoms with Crippen LogP contribution in [0.15, 0.2) is 72.6 Å². The number of aliphatic hydroxyl groups excluding tert-OH is 1. The van der Waals surface area contributed by atoms with E-state index in [1.54, 1.807) is 48.8 Å².